The summed E-state index contributed by atoms with van der Waals surface area (Å²) in [5.41, 5.74) is 0.636. The van der Waals surface area contributed by atoms with Crippen molar-refractivity contribution in [3.8, 4) is 11.4 Å². The van der Waals surface area contributed by atoms with Crippen LogP contribution in [0, 0.1) is 5.82 Å². The number of hydrogen-bond acceptors (Lipinski definition) is 6. The highest BCUT2D eigenvalue weighted by Crippen LogP contribution is 2.25. The van der Waals surface area contributed by atoms with Crippen molar-refractivity contribution >= 4 is 33.0 Å². The van der Waals surface area contributed by atoms with E-state index >= 15 is 0 Å². The standard InChI is InChI=1S/C13H9ClFN3O3S2/c14-11-3-4-12(22-11)23(19,20)17-6-9-2-1-8(5-10(9)15)13-16-7-21-18-13/h1-5,7,17H,6H2. The van der Waals surface area contributed by atoms with Crippen molar-refractivity contribution in [1.82, 2.24) is 14.9 Å². The Labute approximate surface area is 140 Å². The number of nitrogens with zero attached hydrogens (tertiary/aromatic N) is 2. The van der Waals surface area contributed by atoms with E-state index in [1.54, 1.807) is 6.07 Å². The predicted octanol–water partition coefficient (Wildman–Crippen LogP) is 3.07. The van der Waals surface area contributed by atoms with E-state index in [1.165, 1.54) is 24.3 Å². The molecule has 0 fully saturated rings. The summed E-state index contributed by atoms with van der Waals surface area (Å²) < 4.78 is 45.6. The number of sulfonamides is 1. The molecule has 0 atom stereocenters. The maximum absolute atomic E-state index is 14.1. The molecule has 0 spiro atoms. The zero-order valence-corrected chi connectivity index (χ0v) is 13.8. The fraction of sp³-hybridized carbons (Fsp3) is 0.0769. The first kappa shape index (κ1) is 16.1. The first-order chi connectivity index (χ1) is 11.0. The van der Waals surface area contributed by atoms with Gasteiger partial charge in [0.05, 0.1) is 4.34 Å². The number of halogens is 2. The molecule has 23 heavy (non-hydrogen) atoms. The Kier molecular flexibility index (Phi) is 4.44. The fourth-order valence-electron chi connectivity index (χ4n) is 1.81. The molecule has 3 aromatic rings. The Morgan fingerprint density at radius 2 is 2.13 bits per heavy atom. The van der Waals surface area contributed by atoms with E-state index in [0.717, 1.165) is 17.7 Å². The fourth-order valence-corrected chi connectivity index (χ4v) is 4.35. The van der Waals surface area contributed by atoms with Gasteiger partial charge in [0, 0.05) is 17.7 Å². The average Bonchev–Trinajstić information content (AvgIpc) is 3.17. The van der Waals surface area contributed by atoms with E-state index in [0.29, 0.717) is 9.90 Å². The van der Waals surface area contributed by atoms with Gasteiger partial charge in [-0.25, -0.2) is 17.5 Å². The topological polar surface area (TPSA) is 85.1 Å². The summed E-state index contributed by atoms with van der Waals surface area (Å²) in [5, 5.41) is 3.61. The maximum atomic E-state index is 14.1. The SMILES string of the molecule is O=S(=O)(NCc1ccc(-c2ncon2)cc1F)c1ccc(Cl)s1. The van der Waals surface area contributed by atoms with Crippen LogP contribution in [-0.4, -0.2) is 18.6 Å². The Bertz CT molecular complexity index is 926. The molecule has 0 aliphatic rings. The van der Waals surface area contributed by atoms with Gasteiger partial charge in [-0.1, -0.05) is 28.9 Å². The second kappa shape index (κ2) is 6.36. The minimum atomic E-state index is -3.73. The normalized spacial score (nSPS) is 11.7. The minimum absolute atomic E-state index is 0.0753. The number of nitrogens with one attached hydrogen (secondary N) is 1. The van der Waals surface area contributed by atoms with Crippen LogP contribution in [-0.2, 0) is 16.6 Å². The van der Waals surface area contributed by atoms with Crippen molar-refractivity contribution in [2.45, 2.75) is 10.8 Å². The molecule has 0 radical (unpaired) electrons. The second-order valence-corrected chi connectivity index (χ2v) is 8.15. The molecule has 0 aliphatic heterocycles. The van der Waals surface area contributed by atoms with E-state index in [2.05, 4.69) is 19.4 Å². The molecular weight excluding hydrogens is 365 g/mol. The molecule has 120 valence electrons. The zero-order valence-electron chi connectivity index (χ0n) is 11.4. The Morgan fingerprint density at radius 3 is 2.74 bits per heavy atom. The summed E-state index contributed by atoms with van der Waals surface area (Å²) in [4.78, 5) is 3.82. The maximum Gasteiger partial charge on any atom is 0.250 e. The van der Waals surface area contributed by atoms with E-state index in [4.69, 9.17) is 11.6 Å². The molecular formula is C13H9ClFN3O3S2. The summed E-state index contributed by atoms with van der Waals surface area (Å²) in [6.45, 7) is -0.184. The first-order valence-corrected chi connectivity index (χ1v) is 8.93. The number of rotatable bonds is 5. The van der Waals surface area contributed by atoms with Gasteiger partial charge in [0.15, 0.2) is 0 Å². The Morgan fingerprint density at radius 1 is 1.30 bits per heavy atom. The molecule has 3 rings (SSSR count). The Hall–Kier alpha value is -1.81. The van der Waals surface area contributed by atoms with Crippen LogP contribution >= 0.6 is 22.9 Å². The van der Waals surface area contributed by atoms with E-state index in [-0.39, 0.29) is 22.1 Å². The summed E-state index contributed by atoms with van der Waals surface area (Å²) in [6.07, 6.45) is 1.14. The van der Waals surface area contributed by atoms with Crippen LogP contribution in [0.15, 0.2) is 45.5 Å². The van der Waals surface area contributed by atoms with Crippen LogP contribution in [0.1, 0.15) is 5.56 Å². The molecule has 0 saturated heterocycles. The molecule has 1 N–H and O–H groups in total. The molecule has 2 aromatic heterocycles. The summed E-state index contributed by atoms with van der Waals surface area (Å²) >= 11 is 6.65. The van der Waals surface area contributed by atoms with Crippen LogP contribution < -0.4 is 4.72 Å². The van der Waals surface area contributed by atoms with Crippen LogP contribution in [0.25, 0.3) is 11.4 Å². The van der Waals surface area contributed by atoms with Gasteiger partial charge >= 0.3 is 0 Å². The van der Waals surface area contributed by atoms with Crippen molar-refractivity contribution in [2.24, 2.45) is 0 Å². The molecule has 0 amide bonds. The summed E-state index contributed by atoms with van der Waals surface area (Å²) in [5.74, 6) is -0.316. The van der Waals surface area contributed by atoms with Gasteiger partial charge < -0.3 is 4.52 Å². The average molecular weight is 374 g/mol. The highest BCUT2D eigenvalue weighted by molar-refractivity contribution is 7.91. The Balaban J connectivity index is 1.76. The molecule has 10 heteroatoms. The third-order valence-electron chi connectivity index (χ3n) is 2.94. The molecule has 0 saturated carbocycles. The van der Waals surface area contributed by atoms with Crippen molar-refractivity contribution < 1.29 is 17.3 Å². The summed E-state index contributed by atoms with van der Waals surface area (Å²) in [7, 11) is -3.73. The largest absolute Gasteiger partial charge is 0.342 e. The van der Waals surface area contributed by atoms with Crippen molar-refractivity contribution in [2.75, 3.05) is 0 Å². The van der Waals surface area contributed by atoms with E-state index < -0.39 is 15.8 Å². The van der Waals surface area contributed by atoms with Gasteiger partial charge in [-0.15, -0.1) is 11.3 Å². The molecule has 1 aromatic carbocycles. The van der Waals surface area contributed by atoms with Crippen molar-refractivity contribution in [3.05, 3.63) is 52.4 Å². The highest BCUT2D eigenvalue weighted by atomic mass is 35.5. The second-order valence-electron chi connectivity index (χ2n) is 4.44. The van der Waals surface area contributed by atoms with Gasteiger partial charge in [0.2, 0.25) is 22.2 Å². The minimum Gasteiger partial charge on any atom is -0.342 e. The first-order valence-electron chi connectivity index (χ1n) is 6.26. The lowest BCUT2D eigenvalue weighted by Crippen LogP contribution is -2.22. The van der Waals surface area contributed by atoms with Gasteiger partial charge in [-0.05, 0) is 18.2 Å². The van der Waals surface area contributed by atoms with Crippen LogP contribution in [0.4, 0.5) is 4.39 Å². The lowest BCUT2D eigenvalue weighted by Gasteiger charge is -2.07. The molecule has 0 aliphatic carbocycles. The lowest BCUT2D eigenvalue weighted by molar-refractivity contribution is 0.418. The lowest BCUT2D eigenvalue weighted by atomic mass is 10.1. The number of benzene rings is 1. The van der Waals surface area contributed by atoms with Crippen molar-refractivity contribution in [1.29, 1.82) is 0 Å². The molecule has 6 nitrogen and oxygen atoms in total. The predicted molar refractivity (Wildman–Crippen MR) is 83.0 cm³/mol. The molecule has 2 heterocycles. The molecule has 0 bridgehead atoms. The summed E-state index contributed by atoms with van der Waals surface area (Å²) in [6, 6.07) is 7.15. The van der Waals surface area contributed by atoms with Gasteiger partial charge in [-0.3, -0.25) is 0 Å². The van der Waals surface area contributed by atoms with E-state index in [9.17, 15) is 12.8 Å². The monoisotopic (exact) mass is 373 g/mol. The number of hydrogen-bond donors (Lipinski definition) is 1. The van der Waals surface area contributed by atoms with Gasteiger partial charge in [-0.2, -0.15) is 4.98 Å². The zero-order chi connectivity index (χ0) is 16.4. The van der Waals surface area contributed by atoms with Gasteiger partial charge in [0.1, 0.15) is 10.0 Å². The van der Waals surface area contributed by atoms with Gasteiger partial charge in [0.25, 0.3) is 0 Å². The van der Waals surface area contributed by atoms with E-state index in [1.807, 2.05) is 0 Å². The number of thiophene rings is 1. The van der Waals surface area contributed by atoms with Crippen LogP contribution in [0.3, 0.4) is 0 Å². The number of aromatic nitrogens is 2. The smallest absolute Gasteiger partial charge is 0.250 e. The third-order valence-corrected chi connectivity index (χ3v) is 6.06. The molecule has 0 unspecified atom stereocenters. The quantitative estimate of drug-likeness (QED) is 0.742. The highest BCUT2D eigenvalue weighted by Gasteiger charge is 2.17. The van der Waals surface area contributed by atoms with Crippen molar-refractivity contribution in [3.63, 3.8) is 0 Å². The van der Waals surface area contributed by atoms with Crippen LogP contribution in [0.2, 0.25) is 4.34 Å². The third kappa shape index (κ3) is 3.58. The van der Waals surface area contributed by atoms with Crippen LogP contribution in [0.5, 0.6) is 0 Å².